The van der Waals surface area contributed by atoms with Crippen molar-refractivity contribution in [3.63, 3.8) is 0 Å². The van der Waals surface area contributed by atoms with E-state index in [1.165, 1.54) is 6.07 Å². The van der Waals surface area contributed by atoms with Gasteiger partial charge >= 0.3 is 0 Å². The molecule has 1 unspecified atom stereocenters. The maximum Gasteiger partial charge on any atom is 0.274 e. The van der Waals surface area contributed by atoms with Gasteiger partial charge in [0.1, 0.15) is 11.9 Å². The summed E-state index contributed by atoms with van der Waals surface area (Å²) >= 11 is 12.2. The number of hydrogen-bond donors (Lipinski definition) is 2. The number of nitrogens with one attached hydrogen (secondary N) is 1. The topological polar surface area (TPSA) is 102 Å². The summed E-state index contributed by atoms with van der Waals surface area (Å²) in [6, 6.07) is 17.3. The van der Waals surface area contributed by atoms with Crippen LogP contribution in [0.4, 0.5) is 0 Å². The highest BCUT2D eigenvalue weighted by atomic mass is 35.5. The van der Waals surface area contributed by atoms with Crippen LogP contribution in [0, 0.1) is 0 Å². The number of nitrogens with two attached hydrogens (primary N) is 1. The SMILES string of the molecule is NC(=NC(=O)C(NC(=O)c1ccc2c(c1)CCCC2=O)c1ccc(Cl)c(Cl)c1)c1ccccc1. The smallest absolute Gasteiger partial charge is 0.274 e. The molecule has 1 aliphatic rings. The summed E-state index contributed by atoms with van der Waals surface area (Å²) in [5, 5.41) is 3.28. The average Bonchev–Trinajstić information content (AvgIpc) is 2.84. The van der Waals surface area contributed by atoms with E-state index in [2.05, 4.69) is 10.3 Å². The first-order valence-electron chi connectivity index (χ1n) is 10.7. The predicted octanol–water partition coefficient (Wildman–Crippen LogP) is 4.92. The van der Waals surface area contributed by atoms with E-state index in [0.717, 1.165) is 18.4 Å². The van der Waals surface area contributed by atoms with Crippen molar-refractivity contribution in [3.8, 4) is 0 Å². The Balaban J connectivity index is 1.65. The highest BCUT2D eigenvalue weighted by Crippen LogP contribution is 2.27. The molecule has 0 aromatic heterocycles. The fourth-order valence-corrected chi connectivity index (χ4v) is 4.15. The van der Waals surface area contributed by atoms with Gasteiger partial charge in [-0.3, -0.25) is 14.4 Å². The molecular formula is C26H21Cl2N3O3. The minimum Gasteiger partial charge on any atom is -0.383 e. The van der Waals surface area contributed by atoms with Crippen LogP contribution in [0.1, 0.15) is 56.3 Å². The van der Waals surface area contributed by atoms with Crippen molar-refractivity contribution < 1.29 is 14.4 Å². The summed E-state index contributed by atoms with van der Waals surface area (Å²) < 4.78 is 0. The van der Waals surface area contributed by atoms with Gasteiger partial charge in [-0.15, -0.1) is 0 Å². The van der Waals surface area contributed by atoms with Crippen molar-refractivity contribution >= 4 is 46.6 Å². The molecule has 3 N–H and O–H groups in total. The Bertz CT molecular complexity index is 1310. The van der Waals surface area contributed by atoms with E-state index in [4.69, 9.17) is 28.9 Å². The Morgan fingerprint density at radius 2 is 1.68 bits per heavy atom. The lowest BCUT2D eigenvalue weighted by molar-refractivity contribution is -0.119. The number of halogens is 2. The lowest BCUT2D eigenvalue weighted by atomic mass is 9.89. The Kier molecular flexibility index (Phi) is 7.10. The van der Waals surface area contributed by atoms with E-state index in [1.807, 2.05) is 6.07 Å². The minimum atomic E-state index is -1.15. The molecular weight excluding hydrogens is 473 g/mol. The van der Waals surface area contributed by atoms with Gasteiger partial charge in [-0.1, -0.05) is 65.7 Å². The highest BCUT2D eigenvalue weighted by molar-refractivity contribution is 6.42. The fourth-order valence-electron chi connectivity index (χ4n) is 3.84. The number of fused-ring (bicyclic) bond motifs is 1. The Hall–Kier alpha value is -3.48. The molecule has 0 spiro atoms. The number of aryl methyl sites for hydroxylation is 1. The third-order valence-corrected chi connectivity index (χ3v) is 6.36. The Morgan fingerprint density at radius 1 is 0.912 bits per heavy atom. The van der Waals surface area contributed by atoms with E-state index in [0.29, 0.717) is 33.7 Å². The number of carbonyl (C=O) groups is 3. The molecule has 0 bridgehead atoms. The van der Waals surface area contributed by atoms with Gasteiger partial charge in [0.2, 0.25) is 0 Å². The maximum atomic E-state index is 13.2. The van der Waals surface area contributed by atoms with Gasteiger partial charge < -0.3 is 11.1 Å². The number of hydrogen-bond acceptors (Lipinski definition) is 3. The molecule has 172 valence electrons. The summed E-state index contributed by atoms with van der Waals surface area (Å²) in [7, 11) is 0. The zero-order valence-corrected chi connectivity index (χ0v) is 19.6. The van der Waals surface area contributed by atoms with Gasteiger partial charge in [-0.2, -0.15) is 4.99 Å². The second kappa shape index (κ2) is 10.2. The van der Waals surface area contributed by atoms with Gasteiger partial charge in [-0.25, -0.2) is 0 Å². The van der Waals surface area contributed by atoms with Crippen LogP contribution in [0.5, 0.6) is 0 Å². The van der Waals surface area contributed by atoms with Crippen molar-refractivity contribution in [2.45, 2.75) is 25.3 Å². The van der Waals surface area contributed by atoms with Crippen LogP contribution < -0.4 is 11.1 Å². The largest absolute Gasteiger partial charge is 0.383 e. The number of amides is 2. The molecule has 6 nitrogen and oxygen atoms in total. The van der Waals surface area contributed by atoms with Crippen molar-refractivity contribution in [2.24, 2.45) is 10.7 Å². The minimum absolute atomic E-state index is 0.0252. The Morgan fingerprint density at radius 3 is 2.41 bits per heavy atom. The normalized spacial score (nSPS) is 14.3. The summed E-state index contributed by atoms with van der Waals surface area (Å²) in [6.45, 7) is 0. The number of Topliss-reactive ketones (excluding diaryl/α,β-unsaturated/α-hetero) is 1. The molecule has 8 heteroatoms. The fraction of sp³-hybridized carbons (Fsp3) is 0.154. The van der Waals surface area contributed by atoms with E-state index in [9.17, 15) is 14.4 Å². The monoisotopic (exact) mass is 493 g/mol. The third kappa shape index (κ3) is 5.19. The number of aliphatic imine (C=N–C) groups is 1. The molecule has 0 heterocycles. The molecule has 0 fully saturated rings. The summed E-state index contributed by atoms with van der Waals surface area (Å²) in [4.78, 5) is 42.4. The zero-order valence-electron chi connectivity index (χ0n) is 18.1. The molecule has 0 saturated carbocycles. The van der Waals surface area contributed by atoms with Gasteiger partial charge in [-0.05, 0) is 48.2 Å². The van der Waals surface area contributed by atoms with E-state index < -0.39 is 17.9 Å². The number of nitrogens with zero attached hydrogens (tertiary/aromatic N) is 1. The molecule has 3 aromatic carbocycles. The number of rotatable bonds is 5. The quantitative estimate of drug-likeness (QED) is 0.389. The maximum absolute atomic E-state index is 13.2. The van der Waals surface area contributed by atoms with Gasteiger partial charge in [0.15, 0.2) is 5.78 Å². The van der Waals surface area contributed by atoms with E-state index >= 15 is 0 Å². The van der Waals surface area contributed by atoms with Gasteiger partial charge in [0, 0.05) is 23.1 Å². The van der Waals surface area contributed by atoms with Gasteiger partial charge in [0.25, 0.3) is 11.8 Å². The van der Waals surface area contributed by atoms with Crippen LogP contribution in [-0.4, -0.2) is 23.4 Å². The highest BCUT2D eigenvalue weighted by Gasteiger charge is 2.26. The molecule has 1 aliphatic carbocycles. The van der Waals surface area contributed by atoms with Crippen LogP contribution in [0.15, 0.2) is 71.7 Å². The van der Waals surface area contributed by atoms with Crippen molar-refractivity contribution in [2.75, 3.05) is 0 Å². The zero-order chi connectivity index (χ0) is 24.2. The molecule has 1 atom stereocenters. The lowest BCUT2D eigenvalue weighted by Crippen LogP contribution is -2.34. The van der Waals surface area contributed by atoms with Crippen LogP contribution in [-0.2, 0) is 11.2 Å². The molecule has 0 aliphatic heterocycles. The number of carbonyl (C=O) groups excluding carboxylic acids is 3. The van der Waals surface area contributed by atoms with Crippen molar-refractivity contribution in [1.82, 2.24) is 5.32 Å². The standard InChI is InChI=1S/C26H21Cl2N3O3/c27-20-12-10-17(14-21(20)28)23(26(34)31-24(29)15-5-2-1-3-6-15)30-25(33)18-9-11-19-16(13-18)7-4-8-22(19)32/h1-3,5-6,9-14,23H,4,7-8H2,(H,30,33)(H2,29,31,34). The number of amidine groups is 1. The van der Waals surface area contributed by atoms with Crippen LogP contribution in [0.25, 0.3) is 0 Å². The first-order chi connectivity index (χ1) is 16.3. The third-order valence-electron chi connectivity index (χ3n) is 5.62. The second-order valence-electron chi connectivity index (χ2n) is 7.93. The first-order valence-corrected chi connectivity index (χ1v) is 11.4. The summed E-state index contributed by atoms with van der Waals surface area (Å²) in [5.41, 5.74) is 8.83. The molecule has 4 rings (SSSR count). The molecule has 2 amide bonds. The van der Waals surface area contributed by atoms with Crippen molar-refractivity contribution in [1.29, 1.82) is 0 Å². The molecule has 0 saturated heterocycles. The average molecular weight is 494 g/mol. The first kappa shape index (κ1) is 23.7. The van der Waals surface area contributed by atoms with Gasteiger partial charge in [0.05, 0.1) is 10.0 Å². The van der Waals surface area contributed by atoms with E-state index in [-0.39, 0.29) is 16.6 Å². The summed E-state index contributed by atoms with van der Waals surface area (Å²) in [5.74, 6) is -1.06. The number of ketones is 1. The lowest BCUT2D eigenvalue weighted by Gasteiger charge is -2.19. The van der Waals surface area contributed by atoms with Crippen LogP contribution in [0.2, 0.25) is 10.0 Å². The van der Waals surface area contributed by atoms with E-state index in [1.54, 1.807) is 54.6 Å². The molecule has 0 radical (unpaired) electrons. The number of benzene rings is 3. The van der Waals surface area contributed by atoms with Crippen LogP contribution in [0.3, 0.4) is 0 Å². The second-order valence-corrected chi connectivity index (χ2v) is 8.74. The molecule has 34 heavy (non-hydrogen) atoms. The molecule has 3 aromatic rings. The van der Waals surface area contributed by atoms with Crippen molar-refractivity contribution in [3.05, 3.63) is 105 Å². The summed E-state index contributed by atoms with van der Waals surface area (Å²) in [6.07, 6.45) is 1.97. The van der Waals surface area contributed by atoms with Crippen LogP contribution >= 0.6 is 23.2 Å². The Labute approximate surface area is 206 Å². The predicted molar refractivity (Wildman–Crippen MR) is 133 cm³/mol.